The van der Waals surface area contributed by atoms with Gasteiger partial charge in [0, 0.05) is 13.0 Å². The number of hydrogen-bond donors (Lipinski definition) is 1. The standard InChI is InChI=1S/C13H14O5/c1-8-6-10(4-5-12(15)16)7-11(17-3)13(8)18-9(2)14/h4-7H,1-3H3,(H,15,16)/b5-4+. The SMILES string of the molecule is COc1cc(/C=C/C(=O)O)cc(C)c1OC(C)=O. The first-order valence-electron chi connectivity index (χ1n) is 5.22. The van der Waals surface area contributed by atoms with Crippen molar-refractivity contribution >= 4 is 18.0 Å². The van der Waals surface area contributed by atoms with E-state index in [1.165, 1.54) is 20.1 Å². The summed E-state index contributed by atoms with van der Waals surface area (Å²) in [5, 5.41) is 8.56. The van der Waals surface area contributed by atoms with Gasteiger partial charge in [-0.05, 0) is 36.3 Å². The van der Waals surface area contributed by atoms with E-state index in [9.17, 15) is 9.59 Å². The van der Waals surface area contributed by atoms with Crippen LogP contribution in [0.3, 0.4) is 0 Å². The van der Waals surface area contributed by atoms with Crippen molar-refractivity contribution in [1.82, 2.24) is 0 Å². The predicted octanol–water partition coefficient (Wildman–Crippen LogP) is 2.03. The van der Waals surface area contributed by atoms with Crippen molar-refractivity contribution < 1.29 is 24.2 Å². The van der Waals surface area contributed by atoms with Gasteiger partial charge in [0.2, 0.25) is 0 Å². The van der Waals surface area contributed by atoms with Gasteiger partial charge in [-0.25, -0.2) is 4.79 Å². The fraction of sp³-hybridized carbons (Fsp3) is 0.231. The lowest BCUT2D eigenvalue weighted by molar-refractivity contribution is -0.132. The van der Waals surface area contributed by atoms with Crippen LogP contribution in [0.2, 0.25) is 0 Å². The Morgan fingerprint density at radius 2 is 2.00 bits per heavy atom. The highest BCUT2D eigenvalue weighted by Crippen LogP contribution is 2.32. The second-order valence-corrected chi connectivity index (χ2v) is 3.63. The van der Waals surface area contributed by atoms with E-state index in [1.54, 1.807) is 19.1 Å². The maximum Gasteiger partial charge on any atom is 0.328 e. The number of carbonyl (C=O) groups is 2. The minimum Gasteiger partial charge on any atom is -0.493 e. The first-order chi connectivity index (χ1) is 8.43. The van der Waals surface area contributed by atoms with Crippen molar-refractivity contribution in [3.05, 3.63) is 29.3 Å². The Hall–Kier alpha value is -2.30. The average molecular weight is 250 g/mol. The summed E-state index contributed by atoms with van der Waals surface area (Å²) in [6.07, 6.45) is 2.47. The smallest absolute Gasteiger partial charge is 0.328 e. The van der Waals surface area contributed by atoms with Gasteiger partial charge in [0.15, 0.2) is 11.5 Å². The first-order valence-corrected chi connectivity index (χ1v) is 5.22. The highest BCUT2D eigenvalue weighted by Gasteiger charge is 2.11. The lowest BCUT2D eigenvalue weighted by Gasteiger charge is -2.11. The zero-order valence-electron chi connectivity index (χ0n) is 10.4. The summed E-state index contributed by atoms with van der Waals surface area (Å²) in [7, 11) is 1.45. The molecule has 0 aliphatic heterocycles. The molecule has 96 valence electrons. The van der Waals surface area contributed by atoms with E-state index in [0.29, 0.717) is 22.6 Å². The van der Waals surface area contributed by atoms with Crippen LogP contribution in [0.15, 0.2) is 18.2 Å². The van der Waals surface area contributed by atoms with Crippen LogP contribution in [0.1, 0.15) is 18.1 Å². The molecule has 1 rings (SSSR count). The fourth-order valence-corrected chi connectivity index (χ4v) is 1.46. The Bertz CT molecular complexity index is 502. The zero-order valence-corrected chi connectivity index (χ0v) is 10.4. The van der Waals surface area contributed by atoms with Gasteiger partial charge in [0.05, 0.1) is 7.11 Å². The van der Waals surface area contributed by atoms with Crippen LogP contribution in [0.5, 0.6) is 11.5 Å². The molecule has 0 radical (unpaired) electrons. The summed E-state index contributed by atoms with van der Waals surface area (Å²) < 4.78 is 10.2. The number of aliphatic carboxylic acids is 1. The van der Waals surface area contributed by atoms with Gasteiger partial charge in [-0.15, -0.1) is 0 Å². The molecule has 5 nitrogen and oxygen atoms in total. The summed E-state index contributed by atoms with van der Waals surface area (Å²) in [4.78, 5) is 21.4. The quantitative estimate of drug-likeness (QED) is 0.503. The summed E-state index contributed by atoms with van der Waals surface area (Å²) in [5.74, 6) is -0.742. The molecule has 0 aliphatic rings. The summed E-state index contributed by atoms with van der Waals surface area (Å²) in [5.41, 5.74) is 1.34. The first kappa shape index (κ1) is 13.8. The minimum absolute atomic E-state index is 0.345. The van der Waals surface area contributed by atoms with E-state index in [0.717, 1.165) is 6.08 Å². The molecule has 0 atom stereocenters. The second kappa shape index (κ2) is 5.86. The average Bonchev–Trinajstić information content (AvgIpc) is 2.28. The van der Waals surface area contributed by atoms with Gasteiger partial charge in [-0.3, -0.25) is 4.79 Å². The van der Waals surface area contributed by atoms with Crippen molar-refractivity contribution in [2.75, 3.05) is 7.11 Å². The van der Waals surface area contributed by atoms with E-state index < -0.39 is 11.9 Å². The van der Waals surface area contributed by atoms with E-state index in [1.807, 2.05) is 0 Å². The Kier molecular flexibility index (Phi) is 4.48. The molecule has 0 bridgehead atoms. The van der Waals surface area contributed by atoms with Gasteiger partial charge in [-0.2, -0.15) is 0 Å². The number of carboxylic acid groups (broad SMARTS) is 1. The number of methoxy groups -OCH3 is 1. The van der Waals surface area contributed by atoms with Crippen molar-refractivity contribution in [1.29, 1.82) is 0 Å². The van der Waals surface area contributed by atoms with E-state index in [2.05, 4.69) is 0 Å². The number of aryl methyl sites for hydroxylation is 1. The predicted molar refractivity (Wildman–Crippen MR) is 65.7 cm³/mol. The number of carboxylic acids is 1. The summed E-state index contributed by atoms with van der Waals surface area (Å²) in [6, 6.07) is 3.31. The molecule has 0 aliphatic carbocycles. The Balaban J connectivity index is 3.17. The highest BCUT2D eigenvalue weighted by molar-refractivity contribution is 5.85. The molecule has 0 saturated heterocycles. The topological polar surface area (TPSA) is 72.8 Å². The van der Waals surface area contributed by atoms with Crippen LogP contribution in [-0.2, 0) is 9.59 Å². The maximum absolute atomic E-state index is 11.0. The van der Waals surface area contributed by atoms with Crippen LogP contribution in [-0.4, -0.2) is 24.2 Å². The van der Waals surface area contributed by atoms with Crippen LogP contribution >= 0.6 is 0 Å². The van der Waals surface area contributed by atoms with Crippen molar-refractivity contribution in [2.45, 2.75) is 13.8 Å². The van der Waals surface area contributed by atoms with Crippen molar-refractivity contribution in [3.8, 4) is 11.5 Å². The van der Waals surface area contributed by atoms with Gasteiger partial charge in [-0.1, -0.05) is 0 Å². The number of hydrogen-bond acceptors (Lipinski definition) is 4. The maximum atomic E-state index is 11.0. The molecule has 0 heterocycles. The molecular weight excluding hydrogens is 236 g/mol. The van der Waals surface area contributed by atoms with Crippen molar-refractivity contribution in [3.63, 3.8) is 0 Å². The molecule has 0 amide bonds. The van der Waals surface area contributed by atoms with Gasteiger partial charge in [0.25, 0.3) is 0 Å². The summed E-state index contributed by atoms with van der Waals surface area (Å²) in [6.45, 7) is 3.05. The molecule has 5 heteroatoms. The normalized spacial score (nSPS) is 10.4. The van der Waals surface area contributed by atoms with E-state index in [4.69, 9.17) is 14.6 Å². The molecule has 0 aromatic heterocycles. The van der Waals surface area contributed by atoms with Crippen LogP contribution in [0.25, 0.3) is 6.08 Å². The highest BCUT2D eigenvalue weighted by atomic mass is 16.6. The Morgan fingerprint density at radius 1 is 1.33 bits per heavy atom. The zero-order chi connectivity index (χ0) is 13.7. The summed E-state index contributed by atoms with van der Waals surface area (Å²) >= 11 is 0. The van der Waals surface area contributed by atoms with Crippen LogP contribution in [0.4, 0.5) is 0 Å². The van der Waals surface area contributed by atoms with Gasteiger partial charge in [0.1, 0.15) is 0 Å². The minimum atomic E-state index is -1.03. The largest absolute Gasteiger partial charge is 0.493 e. The molecule has 18 heavy (non-hydrogen) atoms. The lowest BCUT2D eigenvalue weighted by Crippen LogP contribution is -2.04. The number of carbonyl (C=O) groups excluding carboxylic acids is 1. The van der Waals surface area contributed by atoms with Crippen molar-refractivity contribution in [2.24, 2.45) is 0 Å². The Morgan fingerprint density at radius 3 is 2.50 bits per heavy atom. The third kappa shape index (κ3) is 3.62. The van der Waals surface area contributed by atoms with Crippen LogP contribution < -0.4 is 9.47 Å². The monoisotopic (exact) mass is 250 g/mol. The lowest BCUT2D eigenvalue weighted by atomic mass is 10.1. The molecule has 0 saturated carbocycles. The Labute approximate surface area is 105 Å². The molecule has 1 N–H and O–H groups in total. The number of esters is 1. The number of benzene rings is 1. The molecule has 1 aromatic carbocycles. The molecular formula is C13H14O5. The van der Waals surface area contributed by atoms with Crippen LogP contribution in [0, 0.1) is 6.92 Å². The van der Waals surface area contributed by atoms with Gasteiger partial charge < -0.3 is 14.6 Å². The molecule has 0 fully saturated rings. The van der Waals surface area contributed by atoms with E-state index >= 15 is 0 Å². The third-order valence-electron chi connectivity index (χ3n) is 2.15. The molecule has 0 unspecified atom stereocenters. The van der Waals surface area contributed by atoms with E-state index in [-0.39, 0.29) is 0 Å². The third-order valence-corrected chi connectivity index (χ3v) is 2.15. The number of ether oxygens (including phenoxy) is 2. The fourth-order valence-electron chi connectivity index (χ4n) is 1.46. The molecule has 1 aromatic rings. The number of rotatable bonds is 4. The molecule has 0 spiro atoms. The van der Waals surface area contributed by atoms with Gasteiger partial charge >= 0.3 is 11.9 Å². The second-order valence-electron chi connectivity index (χ2n) is 3.63.